The minimum absolute atomic E-state index is 0.0169. The van der Waals surface area contributed by atoms with Gasteiger partial charge in [-0.2, -0.15) is 0 Å². The van der Waals surface area contributed by atoms with E-state index < -0.39 is 17.5 Å². The van der Waals surface area contributed by atoms with E-state index in [9.17, 15) is 15.0 Å². The zero-order valence-corrected chi connectivity index (χ0v) is 16.0. The normalized spacial score (nSPS) is 35.5. The monoisotopic (exact) mass is 365 g/mol. The summed E-state index contributed by atoms with van der Waals surface area (Å²) < 4.78 is 0. The number of allylic oxidation sites excluding steroid dienone is 2. The molecule has 4 atom stereocenters. The molecule has 0 spiro atoms. The van der Waals surface area contributed by atoms with E-state index in [-0.39, 0.29) is 11.3 Å². The smallest absolute Gasteiger partial charge is 0.312 e. The molecule has 3 aliphatic carbocycles. The molecule has 4 heteroatoms. The maximum absolute atomic E-state index is 12.2. The second-order valence-corrected chi connectivity index (χ2v) is 9.21. The van der Waals surface area contributed by atoms with E-state index in [1.54, 1.807) is 6.92 Å². The van der Waals surface area contributed by atoms with Gasteiger partial charge < -0.3 is 15.2 Å². The Balaban J connectivity index is 1.62. The lowest BCUT2D eigenvalue weighted by atomic mass is 9.47. The Bertz CT molecular complexity index is 987. The number of para-hydroxylation sites is 1. The number of aromatic nitrogens is 1. The Kier molecular flexibility index (Phi) is 3.46. The lowest BCUT2D eigenvalue weighted by molar-refractivity contribution is -0.174. The highest BCUT2D eigenvalue weighted by Crippen LogP contribution is 2.61. The Morgan fingerprint density at radius 2 is 1.96 bits per heavy atom. The lowest BCUT2D eigenvalue weighted by Crippen LogP contribution is -2.57. The number of fused-ring (bicyclic) bond motifs is 5. The first kappa shape index (κ1) is 17.1. The number of nitrogens with one attached hydrogen (secondary N) is 1. The molecule has 1 aromatic carbocycles. The highest BCUT2D eigenvalue weighted by Gasteiger charge is 2.60. The van der Waals surface area contributed by atoms with Crippen molar-refractivity contribution in [3.8, 4) is 0 Å². The number of carboxylic acid groups (broad SMARTS) is 1. The largest absolute Gasteiger partial charge is 0.481 e. The van der Waals surface area contributed by atoms with Crippen LogP contribution in [0.1, 0.15) is 50.8 Å². The molecule has 0 unspecified atom stereocenters. The van der Waals surface area contributed by atoms with Crippen molar-refractivity contribution in [1.82, 2.24) is 4.98 Å². The molecule has 1 saturated carbocycles. The van der Waals surface area contributed by atoms with E-state index in [2.05, 4.69) is 36.2 Å². The van der Waals surface area contributed by atoms with Crippen LogP contribution in [-0.4, -0.2) is 27.3 Å². The number of benzene rings is 1. The first-order valence-corrected chi connectivity index (χ1v) is 10.1. The summed E-state index contributed by atoms with van der Waals surface area (Å²) in [7, 11) is 0. The van der Waals surface area contributed by atoms with E-state index in [0.29, 0.717) is 6.42 Å². The molecule has 0 aliphatic heterocycles. The topological polar surface area (TPSA) is 73.3 Å². The number of carbonyl (C=O) groups is 1. The van der Waals surface area contributed by atoms with Crippen molar-refractivity contribution < 1.29 is 15.0 Å². The number of aromatic amines is 1. The summed E-state index contributed by atoms with van der Waals surface area (Å²) in [4.78, 5) is 15.8. The van der Waals surface area contributed by atoms with Gasteiger partial charge in [0.25, 0.3) is 0 Å². The van der Waals surface area contributed by atoms with Gasteiger partial charge in [-0.05, 0) is 62.0 Å². The number of carboxylic acids is 1. The second-order valence-electron chi connectivity index (χ2n) is 9.21. The molecule has 3 N–H and O–H groups in total. The predicted molar refractivity (Wildman–Crippen MR) is 105 cm³/mol. The highest BCUT2D eigenvalue weighted by molar-refractivity contribution is 5.85. The van der Waals surface area contributed by atoms with Crippen LogP contribution in [0, 0.1) is 16.7 Å². The van der Waals surface area contributed by atoms with Gasteiger partial charge >= 0.3 is 5.97 Å². The van der Waals surface area contributed by atoms with Gasteiger partial charge in [0.2, 0.25) is 0 Å². The van der Waals surface area contributed by atoms with Gasteiger partial charge in [-0.1, -0.05) is 36.3 Å². The maximum Gasteiger partial charge on any atom is 0.312 e. The molecule has 4 nitrogen and oxygen atoms in total. The molecule has 27 heavy (non-hydrogen) atoms. The molecule has 1 fully saturated rings. The van der Waals surface area contributed by atoms with Crippen LogP contribution < -0.4 is 0 Å². The summed E-state index contributed by atoms with van der Waals surface area (Å²) in [5.74, 6) is -0.865. The average Bonchev–Trinajstić information content (AvgIpc) is 3.01. The van der Waals surface area contributed by atoms with Crippen LogP contribution in [0.5, 0.6) is 0 Å². The van der Waals surface area contributed by atoms with E-state index in [0.717, 1.165) is 32.1 Å². The first-order chi connectivity index (χ1) is 12.9. The van der Waals surface area contributed by atoms with E-state index >= 15 is 0 Å². The minimum Gasteiger partial charge on any atom is -0.481 e. The molecule has 2 aromatic rings. The van der Waals surface area contributed by atoms with Crippen LogP contribution in [0.4, 0.5) is 0 Å². The Morgan fingerprint density at radius 3 is 2.74 bits per heavy atom. The lowest BCUT2D eigenvalue weighted by Gasteiger charge is -2.56. The summed E-state index contributed by atoms with van der Waals surface area (Å²) >= 11 is 0. The van der Waals surface area contributed by atoms with Gasteiger partial charge in [0.05, 0.1) is 11.5 Å². The number of hydrogen-bond acceptors (Lipinski definition) is 2. The second kappa shape index (κ2) is 5.48. The summed E-state index contributed by atoms with van der Waals surface area (Å²) in [5, 5.41) is 21.9. The summed E-state index contributed by atoms with van der Waals surface area (Å²) in [6.45, 7) is 4.03. The number of aliphatic hydroxyl groups excluding tert-OH is 1. The van der Waals surface area contributed by atoms with Crippen molar-refractivity contribution >= 4 is 16.9 Å². The zero-order valence-electron chi connectivity index (χ0n) is 16.0. The number of H-pyrrole nitrogens is 1. The molecule has 5 rings (SSSR count). The van der Waals surface area contributed by atoms with E-state index in [4.69, 9.17) is 0 Å². The fraction of sp³-hybridized carbons (Fsp3) is 0.522. The van der Waals surface area contributed by atoms with Crippen LogP contribution >= 0.6 is 0 Å². The van der Waals surface area contributed by atoms with Crippen molar-refractivity contribution in [2.24, 2.45) is 16.7 Å². The number of hydrogen-bond donors (Lipinski definition) is 3. The maximum atomic E-state index is 12.2. The SMILES string of the molecule is C[C@@]1(C(=O)O)[C@@H](O)CC[C@]2(C)C3=C(CC[C@@H]12)Cc1[nH]c2ccccc2c1C3. The summed E-state index contributed by atoms with van der Waals surface area (Å²) in [5.41, 5.74) is 5.65. The van der Waals surface area contributed by atoms with Crippen molar-refractivity contribution in [2.45, 2.75) is 58.5 Å². The average molecular weight is 365 g/mol. The van der Waals surface area contributed by atoms with E-state index in [1.807, 2.05) is 0 Å². The van der Waals surface area contributed by atoms with Crippen LogP contribution in [0.2, 0.25) is 0 Å². The molecule has 0 bridgehead atoms. The van der Waals surface area contributed by atoms with Crippen LogP contribution in [0.25, 0.3) is 10.9 Å². The zero-order chi connectivity index (χ0) is 19.0. The Morgan fingerprint density at radius 1 is 1.19 bits per heavy atom. The molecule has 1 heterocycles. The first-order valence-electron chi connectivity index (χ1n) is 10.1. The molecule has 0 amide bonds. The van der Waals surface area contributed by atoms with Crippen molar-refractivity contribution in [3.63, 3.8) is 0 Å². The summed E-state index contributed by atoms with van der Waals surface area (Å²) in [6, 6.07) is 8.47. The van der Waals surface area contributed by atoms with Gasteiger partial charge in [-0.15, -0.1) is 0 Å². The summed E-state index contributed by atoms with van der Waals surface area (Å²) in [6.07, 6.45) is 4.33. The fourth-order valence-corrected chi connectivity index (χ4v) is 6.47. The molecular formula is C23H27NO3. The quantitative estimate of drug-likeness (QED) is 0.662. The van der Waals surface area contributed by atoms with Gasteiger partial charge in [-0.25, -0.2) is 0 Å². The standard InChI is InChI=1S/C23H27NO3/c1-22-10-9-20(25)23(2,21(26)27)19(22)8-7-13-11-18-15(12-16(13)22)14-5-3-4-6-17(14)24-18/h3-6,19-20,24-25H,7-12H2,1-2H3,(H,26,27)/t19-,20+,22-,23+/m1/s1. The molecule has 3 aliphatic rings. The van der Waals surface area contributed by atoms with Crippen molar-refractivity contribution in [2.75, 3.05) is 0 Å². The van der Waals surface area contributed by atoms with Gasteiger partial charge in [-0.3, -0.25) is 4.79 Å². The molecule has 0 saturated heterocycles. The van der Waals surface area contributed by atoms with Gasteiger partial charge in [0, 0.05) is 23.0 Å². The highest BCUT2D eigenvalue weighted by atomic mass is 16.4. The number of rotatable bonds is 1. The van der Waals surface area contributed by atoms with E-state index in [1.165, 1.54) is 33.3 Å². The molecule has 1 aromatic heterocycles. The van der Waals surface area contributed by atoms with Gasteiger partial charge in [0.15, 0.2) is 0 Å². The van der Waals surface area contributed by atoms with Gasteiger partial charge in [0.1, 0.15) is 0 Å². The number of aliphatic carboxylic acids is 1. The fourth-order valence-electron chi connectivity index (χ4n) is 6.47. The predicted octanol–water partition coefficient (Wildman–Crippen LogP) is 4.23. The third-order valence-electron chi connectivity index (χ3n) is 8.08. The van der Waals surface area contributed by atoms with Crippen LogP contribution in [0.15, 0.2) is 35.4 Å². The van der Waals surface area contributed by atoms with Crippen LogP contribution in [-0.2, 0) is 17.6 Å². The van der Waals surface area contributed by atoms with Crippen LogP contribution in [0.3, 0.4) is 0 Å². The molecular weight excluding hydrogens is 338 g/mol. The molecule has 142 valence electrons. The van der Waals surface area contributed by atoms with Crippen molar-refractivity contribution in [1.29, 1.82) is 0 Å². The Hall–Kier alpha value is -2.07. The minimum atomic E-state index is -1.06. The molecule has 0 radical (unpaired) electrons. The number of aliphatic hydroxyl groups is 1. The van der Waals surface area contributed by atoms with Crippen molar-refractivity contribution in [3.05, 3.63) is 46.7 Å². The Labute approximate surface area is 159 Å². The third-order valence-corrected chi connectivity index (χ3v) is 8.08. The third kappa shape index (κ3) is 2.11.